The topological polar surface area (TPSA) is 15.3 Å². The van der Waals surface area contributed by atoms with Crippen LogP contribution in [0.5, 0.6) is 0 Å². The van der Waals surface area contributed by atoms with Crippen molar-refractivity contribution < 1.29 is 0 Å². The van der Waals surface area contributed by atoms with Crippen LogP contribution in [0.1, 0.15) is 72.6 Å². The normalized spacial score (nSPS) is 25.4. The van der Waals surface area contributed by atoms with E-state index in [1.165, 1.54) is 71.1 Å². The first-order valence-corrected chi connectivity index (χ1v) is 9.51. The highest BCUT2D eigenvalue weighted by molar-refractivity contribution is 4.95. The minimum absolute atomic E-state index is 0.736. The van der Waals surface area contributed by atoms with E-state index in [9.17, 15) is 0 Å². The van der Waals surface area contributed by atoms with Crippen molar-refractivity contribution in [3.8, 4) is 0 Å². The monoisotopic (exact) mass is 296 g/mol. The van der Waals surface area contributed by atoms with Crippen LogP contribution in [0, 0.1) is 17.3 Å². The summed E-state index contributed by atoms with van der Waals surface area (Å²) in [6.45, 7) is 13.9. The quantitative estimate of drug-likeness (QED) is 0.763. The molecule has 2 saturated heterocycles. The van der Waals surface area contributed by atoms with Crippen LogP contribution >= 0.6 is 0 Å². The maximum atomic E-state index is 3.40. The Morgan fingerprint density at radius 3 is 1.86 bits per heavy atom. The summed E-state index contributed by atoms with van der Waals surface area (Å²) in [6.07, 6.45) is 10.3. The molecule has 3 aliphatic rings. The van der Waals surface area contributed by atoms with Gasteiger partial charge in [0.15, 0.2) is 0 Å². The fraction of sp³-hybridized carbons (Fsp3) is 1.00. The molecule has 3 rings (SSSR count). The van der Waals surface area contributed by atoms with E-state index in [-0.39, 0.29) is 0 Å². The number of nitrogens with one attached hydrogen (secondary N) is 1. The molecule has 1 aliphatic carbocycles. The van der Waals surface area contributed by atoms with Crippen molar-refractivity contribution in [2.24, 2.45) is 17.3 Å². The van der Waals surface area contributed by atoms with Crippen molar-refractivity contribution in [2.75, 3.05) is 33.2 Å². The van der Waals surface area contributed by atoms with Gasteiger partial charge in [0.1, 0.15) is 0 Å². The molecule has 0 aromatic carbocycles. The molecule has 0 bridgehead atoms. The van der Waals surface area contributed by atoms with E-state index in [0.29, 0.717) is 0 Å². The number of rotatable bonds is 1. The van der Waals surface area contributed by atoms with Crippen molar-refractivity contribution in [2.45, 2.75) is 72.6 Å². The maximum absolute atomic E-state index is 3.40. The lowest BCUT2D eigenvalue weighted by atomic mass is 9.73. The van der Waals surface area contributed by atoms with Gasteiger partial charge in [0, 0.05) is 13.1 Å². The molecule has 1 spiro atoms. The van der Waals surface area contributed by atoms with Crippen LogP contribution in [0.15, 0.2) is 0 Å². The third-order valence-electron chi connectivity index (χ3n) is 5.47. The first-order chi connectivity index (χ1) is 10.1. The highest BCUT2D eigenvalue weighted by Crippen LogP contribution is 2.37. The Kier molecular flexibility index (Phi) is 8.89. The second-order valence-corrected chi connectivity index (χ2v) is 7.56. The van der Waals surface area contributed by atoms with E-state index in [1.54, 1.807) is 0 Å². The van der Waals surface area contributed by atoms with Crippen LogP contribution in [-0.4, -0.2) is 38.1 Å². The maximum Gasteiger partial charge on any atom is 0.00484 e. The summed E-state index contributed by atoms with van der Waals surface area (Å²) in [5.41, 5.74) is 0.736. The predicted molar refractivity (Wildman–Crippen MR) is 94.8 cm³/mol. The first-order valence-electron chi connectivity index (χ1n) is 9.51. The number of hydrogen-bond donors (Lipinski definition) is 1. The second kappa shape index (κ2) is 9.84. The zero-order valence-corrected chi connectivity index (χ0v) is 15.4. The molecule has 21 heavy (non-hydrogen) atoms. The number of nitrogens with zero attached hydrogens (tertiary/aromatic N) is 1. The van der Waals surface area contributed by atoms with Gasteiger partial charge in [-0.2, -0.15) is 0 Å². The summed E-state index contributed by atoms with van der Waals surface area (Å²) in [7, 11) is 2.22. The Morgan fingerprint density at radius 1 is 0.952 bits per heavy atom. The average Bonchev–Trinajstić information content (AvgIpc) is 2.50. The van der Waals surface area contributed by atoms with E-state index in [2.05, 4.69) is 31.1 Å². The van der Waals surface area contributed by atoms with E-state index >= 15 is 0 Å². The lowest BCUT2D eigenvalue weighted by Crippen LogP contribution is -2.58. The molecule has 0 radical (unpaired) electrons. The van der Waals surface area contributed by atoms with Gasteiger partial charge < -0.3 is 10.2 Å². The fourth-order valence-corrected chi connectivity index (χ4v) is 4.17. The minimum atomic E-state index is 0.736. The van der Waals surface area contributed by atoms with Gasteiger partial charge in [-0.15, -0.1) is 0 Å². The van der Waals surface area contributed by atoms with E-state index in [1.807, 2.05) is 13.8 Å². The number of piperidine rings is 1. The molecule has 0 amide bonds. The lowest BCUT2D eigenvalue weighted by Gasteiger charge is -2.51. The van der Waals surface area contributed by atoms with E-state index in [4.69, 9.17) is 0 Å². The van der Waals surface area contributed by atoms with Crippen LogP contribution in [0.4, 0.5) is 0 Å². The van der Waals surface area contributed by atoms with Crippen molar-refractivity contribution in [1.82, 2.24) is 10.2 Å². The molecule has 126 valence electrons. The Hall–Kier alpha value is -0.0800. The molecule has 1 N–H and O–H groups in total. The molecule has 3 fully saturated rings. The molecule has 2 heteroatoms. The zero-order chi connectivity index (χ0) is 15.7. The molecule has 1 saturated carbocycles. The van der Waals surface area contributed by atoms with Crippen LogP contribution in [0.3, 0.4) is 0 Å². The Morgan fingerprint density at radius 2 is 1.48 bits per heavy atom. The minimum Gasteiger partial charge on any atom is -0.317 e. The fourth-order valence-electron chi connectivity index (χ4n) is 4.17. The van der Waals surface area contributed by atoms with E-state index < -0.39 is 0 Å². The standard InChI is InChI=1S/C9H18.C8H16N2.C2H6/c1-8(2)9-6-4-3-5-7-9;1-10-6-8(7-10)2-4-9-5-3-8;1-2/h8-9H,3-7H2,1-2H3;9H,2-7H2,1H3;1-2H3. The Bertz CT molecular complexity index is 235. The van der Waals surface area contributed by atoms with Crippen LogP contribution in [0.25, 0.3) is 0 Å². The largest absolute Gasteiger partial charge is 0.317 e. The molecule has 0 unspecified atom stereocenters. The van der Waals surface area contributed by atoms with Crippen LogP contribution in [-0.2, 0) is 0 Å². The predicted octanol–water partition coefficient (Wildman–Crippen LogP) is 4.55. The molecular weight excluding hydrogens is 256 g/mol. The highest BCUT2D eigenvalue weighted by Gasteiger charge is 2.41. The van der Waals surface area contributed by atoms with E-state index in [0.717, 1.165) is 17.3 Å². The Balaban J connectivity index is 0.000000189. The number of likely N-dealkylation sites (tertiary alicyclic amines) is 1. The van der Waals surface area contributed by atoms with Gasteiger partial charge in [-0.1, -0.05) is 59.8 Å². The van der Waals surface area contributed by atoms with Crippen molar-refractivity contribution >= 4 is 0 Å². The van der Waals surface area contributed by atoms with Gasteiger partial charge in [0.2, 0.25) is 0 Å². The Labute approximate surface area is 134 Å². The summed E-state index contributed by atoms with van der Waals surface area (Å²) < 4.78 is 0. The molecule has 0 aromatic rings. The van der Waals surface area contributed by atoms with Gasteiger partial charge in [0.05, 0.1) is 0 Å². The highest BCUT2D eigenvalue weighted by atomic mass is 15.2. The van der Waals surface area contributed by atoms with Crippen molar-refractivity contribution in [1.29, 1.82) is 0 Å². The summed E-state index contributed by atoms with van der Waals surface area (Å²) in [5, 5.41) is 3.40. The second-order valence-electron chi connectivity index (χ2n) is 7.56. The van der Waals surface area contributed by atoms with Gasteiger partial charge in [-0.05, 0) is 50.2 Å². The average molecular weight is 297 g/mol. The smallest absolute Gasteiger partial charge is 0.00484 e. The molecular formula is C19H40N2. The molecule has 2 aliphatic heterocycles. The zero-order valence-electron chi connectivity index (χ0n) is 15.4. The van der Waals surface area contributed by atoms with Crippen molar-refractivity contribution in [3.05, 3.63) is 0 Å². The first kappa shape index (κ1) is 19.0. The van der Waals surface area contributed by atoms with Gasteiger partial charge in [-0.25, -0.2) is 0 Å². The van der Waals surface area contributed by atoms with Gasteiger partial charge in [0.25, 0.3) is 0 Å². The molecule has 0 aromatic heterocycles. The molecule has 2 heterocycles. The lowest BCUT2D eigenvalue weighted by molar-refractivity contribution is -0.00368. The third-order valence-corrected chi connectivity index (χ3v) is 5.47. The van der Waals surface area contributed by atoms with Crippen LogP contribution < -0.4 is 5.32 Å². The number of hydrogen-bond acceptors (Lipinski definition) is 2. The molecule has 0 atom stereocenters. The molecule has 2 nitrogen and oxygen atoms in total. The summed E-state index contributed by atoms with van der Waals surface area (Å²) in [6, 6.07) is 0. The summed E-state index contributed by atoms with van der Waals surface area (Å²) in [5.74, 6) is 1.99. The SMILES string of the molecule is CC.CC(C)C1CCCCC1.CN1CC2(CCNCC2)C1. The van der Waals surface area contributed by atoms with Crippen LogP contribution in [0.2, 0.25) is 0 Å². The third kappa shape index (κ3) is 6.28. The summed E-state index contributed by atoms with van der Waals surface area (Å²) >= 11 is 0. The van der Waals surface area contributed by atoms with Crippen molar-refractivity contribution in [3.63, 3.8) is 0 Å². The van der Waals surface area contributed by atoms with Gasteiger partial charge >= 0.3 is 0 Å². The summed E-state index contributed by atoms with van der Waals surface area (Å²) in [4.78, 5) is 2.42. The van der Waals surface area contributed by atoms with Gasteiger partial charge in [-0.3, -0.25) is 0 Å².